The first kappa shape index (κ1) is 24.5. The number of nitrogens with one attached hydrogen (secondary N) is 1. The van der Waals surface area contributed by atoms with Crippen molar-refractivity contribution < 1.29 is 14.3 Å². The molecule has 3 N–H and O–H groups in total. The minimum atomic E-state index is -0.709. The second kappa shape index (κ2) is 19.8. The van der Waals surface area contributed by atoms with Gasteiger partial charge in [-0.25, -0.2) is 4.79 Å². The van der Waals surface area contributed by atoms with E-state index in [1.807, 2.05) is 0 Å². The lowest BCUT2D eigenvalue weighted by atomic mass is 10.1. The van der Waals surface area contributed by atoms with Crippen molar-refractivity contribution in [2.75, 3.05) is 13.2 Å². The molecule has 0 radical (unpaired) electrons. The molecule has 0 aliphatic heterocycles. The predicted molar refractivity (Wildman–Crippen MR) is 108 cm³/mol. The van der Waals surface area contributed by atoms with Crippen LogP contribution in [0.3, 0.4) is 0 Å². The molecule has 152 valence electrons. The Hall–Kier alpha value is -1.52. The second-order valence-electron chi connectivity index (χ2n) is 6.88. The Kier molecular flexibility index (Phi) is 18.6. The maximum atomic E-state index is 11.2. The number of amides is 2. The highest BCUT2D eigenvalue weighted by Crippen LogP contribution is 2.09. The van der Waals surface area contributed by atoms with Gasteiger partial charge in [0, 0.05) is 0 Å². The van der Waals surface area contributed by atoms with Crippen molar-refractivity contribution in [3.05, 3.63) is 12.2 Å². The van der Waals surface area contributed by atoms with Crippen molar-refractivity contribution in [1.29, 1.82) is 0 Å². The summed E-state index contributed by atoms with van der Waals surface area (Å²) < 4.78 is 4.99. The molecular weight excluding hydrogens is 328 g/mol. The lowest BCUT2D eigenvalue weighted by molar-refractivity contribution is -0.142. The molecule has 0 spiro atoms. The van der Waals surface area contributed by atoms with Crippen molar-refractivity contribution in [2.45, 2.75) is 96.8 Å². The average Bonchev–Trinajstić information content (AvgIpc) is 2.62. The zero-order valence-corrected chi connectivity index (χ0v) is 16.8. The molecule has 0 aromatic heterocycles. The number of esters is 1. The van der Waals surface area contributed by atoms with Crippen molar-refractivity contribution in [1.82, 2.24) is 5.32 Å². The van der Waals surface area contributed by atoms with E-state index in [0.29, 0.717) is 6.61 Å². The monoisotopic (exact) mass is 368 g/mol. The van der Waals surface area contributed by atoms with Gasteiger partial charge in [0.2, 0.25) is 0 Å². The highest BCUT2D eigenvalue weighted by molar-refractivity contribution is 5.79. The van der Waals surface area contributed by atoms with Gasteiger partial charge in [-0.05, 0) is 32.1 Å². The summed E-state index contributed by atoms with van der Waals surface area (Å²) in [5.74, 6) is -0.434. The van der Waals surface area contributed by atoms with Crippen LogP contribution in [0, 0.1) is 0 Å². The summed E-state index contributed by atoms with van der Waals surface area (Å²) in [7, 11) is 0. The van der Waals surface area contributed by atoms with Gasteiger partial charge in [0.25, 0.3) is 0 Å². The minimum absolute atomic E-state index is 0.151. The van der Waals surface area contributed by atoms with Crippen molar-refractivity contribution >= 4 is 12.0 Å². The zero-order valence-electron chi connectivity index (χ0n) is 16.8. The number of urea groups is 1. The number of hydrogen-bond acceptors (Lipinski definition) is 3. The van der Waals surface area contributed by atoms with E-state index in [4.69, 9.17) is 10.5 Å². The van der Waals surface area contributed by atoms with Crippen LogP contribution in [0.2, 0.25) is 0 Å². The molecule has 0 unspecified atom stereocenters. The molecule has 0 heterocycles. The van der Waals surface area contributed by atoms with Crippen LogP contribution >= 0.6 is 0 Å². The van der Waals surface area contributed by atoms with Gasteiger partial charge in [0.05, 0.1) is 6.61 Å². The number of allylic oxidation sites excluding steroid dienone is 2. The number of ether oxygens (including phenoxy) is 1. The molecule has 0 bridgehead atoms. The summed E-state index contributed by atoms with van der Waals surface area (Å²) in [4.78, 5) is 21.6. The minimum Gasteiger partial charge on any atom is -0.464 e. The van der Waals surface area contributed by atoms with Gasteiger partial charge in [-0.15, -0.1) is 0 Å². The number of nitrogens with two attached hydrogens (primary N) is 1. The van der Waals surface area contributed by atoms with Crippen LogP contribution in [0.4, 0.5) is 4.79 Å². The van der Waals surface area contributed by atoms with E-state index in [2.05, 4.69) is 24.4 Å². The Balaban J connectivity index is 3.18. The van der Waals surface area contributed by atoms with E-state index in [1.54, 1.807) is 0 Å². The van der Waals surface area contributed by atoms with Gasteiger partial charge in [0.15, 0.2) is 0 Å². The Labute approximate surface area is 160 Å². The molecule has 0 aliphatic carbocycles. The predicted octanol–water partition coefficient (Wildman–Crippen LogP) is 5.24. The molecule has 5 heteroatoms. The largest absolute Gasteiger partial charge is 0.464 e. The zero-order chi connectivity index (χ0) is 19.3. The Morgan fingerprint density at radius 3 is 1.85 bits per heavy atom. The molecular formula is C21H40N2O3. The number of primary amides is 1. The van der Waals surface area contributed by atoms with Gasteiger partial charge in [-0.3, -0.25) is 4.79 Å². The van der Waals surface area contributed by atoms with Crippen LogP contribution in [0.1, 0.15) is 96.8 Å². The lowest BCUT2D eigenvalue weighted by Crippen LogP contribution is -2.34. The van der Waals surface area contributed by atoms with E-state index in [0.717, 1.165) is 12.8 Å². The lowest BCUT2D eigenvalue weighted by Gasteiger charge is -2.05. The third-order valence-corrected chi connectivity index (χ3v) is 4.33. The summed E-state index contributed by atoms with van der Waals surface area (Å²) in [5, 5.41) is 2.21. The molecule has 26 heavy (non-hydrogen) atoms. The maximum absolute atomic E-state index is 11.2. The molecule has 0 aromatic rings. The average molecular weight is 369 g/mol. The van der Waals surface area contributed by atoms with Gasteiger partial charge < -0.3 is 15.8 Å². The third-order valence-electron chi connectivity index (χ3n) is 4.33. The van der Waals surface area contributed by atoms with E-state index >= 15 is 0 Å². The highest BCUT2D eigenvalue weighted by atomic mass is 16.5. The van der Waals surface area contributed by atoms with Crippen LogP contribution in [0.5, 0.6) is 0 Å². The molecule has 0 atom stereocenters. The SMILES string of the molecule is CCCCCCCC/C=C\CCCCCCCCOC(=O)CNC(N)=O. The summed E-state index contributed by atoms with van der Waals surface area (Å²) in [5.41, 5.74) is 4.87. The van der Waals surface area contributed by atoms with Crippen LogP contribution < -0.4 is 11.1 Å². The molecule has 0 aliphatic rings. The normalized spacial score (nSPS) is 11.0. The number of carbonyl (C=O) groups is 2. The van der Waals surface area contributed by atoms with E-state index in [1.165, 1.54) is 77.0 Å². The van der Waals surface area contributed by atoms with Gasteiger partial charge in [-0.2, -0.15) is 0 Å². The van der Waals surface area contributed by atoms with E-state index in [-0.39, 0.29) is 6.54 Å². The van der Waals surface area contributed by atoms with E-state index < -0.39 is 12.0 Å². The standard InChI is InChI=1S/C21H40N2O3/c1-2-3-4-5-6-7-8-9-10-11-12-13-14-15-16-17-18-26-20(24)19-23-21(22)25/h9-10H,2-8,11-19H2,1H3,(H3,22,23,25)/b10-9-. The first-order chi connectivity index (χ1) is 12.7. The number of hydrogen-bond donors (Lipinski definition) is 2. The number of unbranched alkanes of at least 4 members (excludes halogenated alkanes) is 12. The number of rotatable bonds is 18. The smallest absolute Gasteiger partial charge is 0.325 e. The Morgan fingerprint density at radius 2 is 1.31 bits per heavy atom. The van der Waals surface area contributed by atoms with Crippen LogP contribution in [-0.2, 0) is 9.53 Å². The third kappa shape index (κ3) is 20.5. The van der Waals surface area contributed by atoms with Crippen molar-refractivity contribution in [3.8, 4) is 0 Å². The molecule has 5 nitrogen and oxygen atoms in total. The second-order valence-corrected chi connectivity index (χ2v) is 6.88. The van der Waals surface area contributed by atoms with Gasteiger partial charge in [-0.1, -0.05) is 76.9 Å². The fourth-order valence-corrected chi connectivity index (χ4v) is 2.75. The molecule has 2 amide bonds. The first-order valence-electron chi connectivity index (χ1n) is 10.5. The van der Waals surface area contributed by atoms with Crippen molar-refractivity contribution in [3.63, 3.8) is 0 Å². The molecule has 0 saturated heterocycles. The molecule has 0 saturated carbocycles. The Bertz CT molecular complexity index is 370. The molecule has 0 rings (SSSR count). The van der Waals surface area contributed by atoms with E-state index in [9.17, 15) is 9.59 Å². The van der Waals surface area contributed by atoms with Gasteiger partial charge in [0.1, 0.15) is 6.54 Å². The van der Waals surface area contributed by atoms with Crippen LogP contribution in [-0.4, -0.2) is 25.2 Å². The maximum Gasteiger partial charge on any atom is 0.325 e. The fraction of sp³-hybridized carbons (Fsp3) is 0.810. The fourth-order valence-electron chi connectivity index (χ4n) is 2.75. The van der Waals surface area contributed by atoms with Crippen LogP contribution in [0.15, 0.2) is 12.2 Å². The summed E-state index contributed by atoms with van der Waals surface area (Å²) in [6.07, 6.45) is 22.2. The molecule has 0 aromatic carbocycles. The topological polar surface area (TPSA) is 81.4 Å². The van der Waals surface area contributed by atoms with Crippen LogP contribution in [0.25, 0.3) is 0 Å². The highest BCUT2D eigenvalue weighted by Gasteiger charge is 2.03. The summed E-state index contributed by atoms with van der Waals surface area (Å²) in [6, 6.07) is -0.709. The first-order valence-corrected chi connectivity index (χ1v) is 10.5. The quantitative estimate of drug-likeness (QED) is 0.197. The number of carbonyl (C=O) groups excluding carboxylic acids is 2. The molecule has 0 fully saturated rings. The van der Waals surface area contributed by atoms with Crippen molar-refractivity contribution in [2.24, 2.45) is 5.73 Å². The summed E-state index contributed by atoms with van der Waals surface area (Å²) >= 11 is 0. The van der Waals surface area contributed by atoms with Gasteiger partial charge >= 0.3 is 12.0 Å². The summed E-state index contributed by atoms with van der Waals surface area (Å²) in [6.45, 7) is 2.52. The Morgan fingerprint density at radius 1 is 0.808 bits per heavy atom.